The number of aliphatic hydroxyl groups is 1. The van der Waals surface area contributed by atoms with Gasteiger partial charge in [0.2, 0.25) is 5.91 Å². The largest absolute Gasteiger partial charge is 0.394 e. The van der Waals surface area contributed by atoms with Gasteiger partial charge in [0.1, 0.15) is 0 Å². The fourth-order valence-corrected chi connectivity index (χ4v) is 5.13. The van der Waals surface area contributed by atoms with Gasteiger partial charge in [0.15, 0.2) is 0 Å². The van der Waals surface area contributed by atoms with E-state index in [-0.39, 0.29) is 18.6 Å². The molecule has 5 heteroatoms. The smallest absolute Gasteiger partial charge is 0.220 e. The molecule has 0 saturated carbocycles. The second-order valence-corrected chi connectivity index (χ2v) is 8.09. The number of hydrogen-bond acceptors (Lipinski definition) is 4. The number of benzene rings is 1. The lowest BCUT2D eigenvalue weighted by atomic mass is 9.89. The maximum absolute atomic E-state index is 12.2. The lowest BCUT2D eigenvalue weighted by Crippen LogP contribution is -2.52. The first-order valence-corrected chi connectivity index (χ1v) is 9.47. The van der Waals surface area contributed by atoms with Crippen molar-refractivity contribution in [2.75, 3.05) is 19.7 Å². The van der Waals surface area contributed by atoms with Gasteiger partial charge >= 0.3 is 0 Å². The fourth-order valence-electron chi connectivity index (χ4n) is 5.13. The highest BCUT2D eigenvalue weighted by Gasteiger charge is 2.51. The summed E-state index contributed by atoms with van der Waals surface area (Å²) in [5, 5.41) is 11.1. The van der Waals surface area contributed by atoms with Gasteiger partial charge in [0.25, 0.3) is 0 Å². The van der Waals surface area contributed by atoms with E-state index in [9.17, 15) is 9.90 Å². The normalized spacial score (nSPS) is 29.1. The molecule has 1 aromatic carbocycles. The van der Waals surface area contributed by atoms with Crippen molar-refractivity contribution in [3.63, 3.8) is 0 Å². The molecule has 0 aliphatic carbocycles. The van der Waals surface area contributed by atoms with E-state index in [2.05, 4.69) is 34.1 Å². The van der Waals surface area contributed by atoms with Crippen LogP contribution in [0.3, 0.4) is 0 Å². The van der Waals surface area contributed by atoms with Gasteiger partial charge in [-0.1, -0.05) is 18.2 Å². The van der Waals surface area contributed by atoms with Crippen LogP contribution in [0.25, 0.3) is 10.9 Å². The highest BCUT2D eigenvalue weighted by molar-refractivity contribution is 5.81. The highest BCUT2D eigenvalue weighted by atomic mass is 16.3. The molecule has 2 saturated heterocycles. The van der Waals surface area contributed by atoms with Crippen molar-refractivity contribution >= 4 is 16.8 Å². The Morgan fingerprint density at radius 3 is 2.92 bits per heavy atom. The Kier molecular flexibility index (Phi) is 4.45. The van der Waals surface area contributed by atoms with E-state index in [0.717, 1.165) is 38.0 Å². The summed E-state index contributed by atoms with van der Waals surface area (Å²) in [5.41, 5.74) is 1.93. The molecule has 0 unspecified atom stereocenters. The molecule has 26 heavy (non-hydrogen) atoms. The summed E-state index contributed by atoms with van der Waals surface area (Å²) in [6.07, 6.45) is 3.74. The molecule has 138 valence electrons. The minimum absolute atomic E-state index is 0.0363. The zero-order valence-electron chi connectivity index (χ0n) is 15.6. The van der Waals surface area contributed by atoms with Crippen LogP contribution in [0.4, 0.5) is 0 Å². The Morgan fingerprint density at radius 1 is 1.35 bits per heavy atom. The first-order chi connectivity index (χ1) is 12.5. The van der Waals surface area contributed by atoms with E-state index >= 15 is 0 Å². The predicted molar refractivity (Wildman–Crippen MR) is 102 cm³/mol. The number of aromatic nitrogens is 1. The summed E-state index contributed by atoms with van der Waals surface area (Å²) >= 11 is 0. The molecule has 0 radical (unpaired) electrons. The number of likely N-dealkylation sites (tertiary alicyclic amines) is 2. The predicted octanol–water partition coefficient (Wildman–Crippen LogP) is 2.43. The van der Waals surface area contributed by atoms with Gasteiger partial charge in [-0.25, -0.2) is 0 Å². The molecule has 1 aromatic heterocycles. The third kappa shape index (κ3) is 2.89. The molecule has 5 nitrogen and oxygen atoms in total. The zero-order chi connectivity index (χ0) is 18.3. The van der Waals surface area contributed by atoms with E-state index in [1.54, 1.807) is 6.92 Å². The molecule has 2 fully saturated rings. The van der Waals surface area contributed by atoms with Crippen LogP contribution in [0.15, 0.2) is 36.5 Å². The minimum Gasteiger partial charge on any atom is -0.394 e. The SMILES string of the molecule is CC(=O)N1[C@H]2CCN(Cc3ccnc4ccccc34)C[C@@H]2C[C@]1(C)CO. The van der Waals surface area contributed by atoms with Gasteiger partial charge < -0.3 is 10.0 Å². The maximum atomic E-state index is 12.2. The van der Waals surface area contributed by atoms with Gasteiger partial charge in [-0.3, -0.25) is 14.7 Å². The Hall–Kier alpha value is -1.98. The fraction of sp³-hybridized carbons (Fsp3) is 0.524. The quantitative estimate of drug-likeness (QED) is 0.921. The average molecular weight is 353 g/mol. The number of nitrogens with zero attached hydrogens (tertiary/aromatic N) is 3. The molecule has 3 atom stereocenters. The molecular weight excluding hydrogens is 326 g/mol. The number of hydrogen-bond donors (Lipinski definition) is 1. The molecule has 1 N–H and O–H groups in total. The van der Waals surface area contributed by atoms with E-state index < -0.39 is 5.54 Å². The minimum atomic E-state index is -0.416. The van der Waals surface area contributed by atoms with Crippen molar-refractivity contribution in [1.29, 1.82) is 0 Å². The molecule has 0 bridgehead atoms. The van der Waals surface area contributed by atoms with E-state index in [4.69, 9.17) is 0 Å². The Bertz CT molecular complexity index is 819. The lowest BCUT2D eigenvalue weighted by molar-refractivity contribution is -0.137. The molecule has 2 aromatic rings. The number of carbonyl (C=O) groups is 1. The maximum Gasteiger partial charge on any atom is 0.220 e. The van der Waals surface area contributed by atoms with Crippen LogP contribution >= 0.6 is 0 Å². The van der Waals surface area contributed by atoms with Crippen molar-refractivity contribution in [3.05, 3.63) is 42.1 Å². The van der Waals surface area contributed by atoms with Gasteiger partial charge in [0, 0.05) is 44.2 Å². The van der Waals surface area contributed by atoms with Crippen molar-refractivity contribution in [1.82, 2.24) is 14.8 Å². The van der Waals surface area contributed by atoms with Crippen LogP contribution in [-0.4, -0.2) is 57.1 Å². The summed E-state index contributed by atoms with van der Waals surface area (Å²) in [7, 11) is 0. The average Bonchev–Trinajstić information content (AvgIpc) is 2.94. The molecular formula is C21H27N3O2. The van der Waals surface area contributed by atoms with Crippen LogP contribution in [0.5, 0.6) is 0 Å². The van der Waals surface area contributed by atoms with Crippen LogP contribution < -0.4 is 0 Å². The second-order valence-electron chi connectivity index (χ2n) is 8.09. The number of piperidine rings is 1. The molecule has 0 spiro atoms. The summed E-state index contributed by atoms with van der Waals surface area (Å²) in [6.45, 7) is 6.54. The van der Waals surface area contributed by atoms with Crippen LogP contribution in [0.2, 0.25) is 0 Å². The first kappa shape index (κ1) is 17.4. The Balaban J connectivity index is 1.53. The Labute approximate surface area is 154 Å². The first-order valence-electron chi connectivity index (χ1n) is 9.47. The summed E-state index contributed by atoms with van der Waals surface area (Å²) in [4.78, 5) is 21.1. The van der Waals surface area contributed by atoms with Crippen molar-refractivity contribution in [2.45, 2.75) is 44.8 Å². The molecule has 2 aliphatic heterocycles. The number of carbonyl (C=O) groups excluding carboxylic acids is 1. The highest BCUT2D eigenvalue weighted by Crippen LogP contribution is 2.42. The third-order valence-corrected chi connectivity index (χ3v) is 6.21. The van der Waals surface area contributed by atoms with Gasteiger partial charge in [-0.15, -0.1) is 0 Å². The number of rotatable bonds is 3. The molecule has 4 rings (SSSR count). The van der Waals surface area contributed by atoms with Gasteiger partial charge in [0.05, 0.1) is 17.7 Å². The number of fused-ring (bicyclic) bond motifs is 2. The summed E-state index contributed by atoms with van der Waals surface area (Å²) in [5.74, 6) is 0.514. The second kappa shape index (κ2) is 6.63. The molecule has 2 aliphatic rings. The number of amides is 1. The Morgan fingerprint density at radius 2 is 2.15 bits per heavy atom. The zero-order valence-corrected chi connectivity index (χ0v) is 15.6. The molecule has 1 amide bonds. The topological polar surface area (TPSA) is 56.7 Å². The monoisotopic (exact) mass is 353 g/mol. The van der Waals surface area contributed by atoms with Crippen molar-refractivity contribution in [3.8, 4) is 0 Å². The lowest BCUT2D eigenvalue weighted by Gasteiger charge is -2.40. The summed E-state index contributed by atoms with van der Waals surface area (Å²) < 4.78 is 0. The summed E-state index contributed by atoms with van der Waals surface area (Å²) in [6, 6.07) is 10.7. The van der Waals surface area contributed by atoms with Crippen LogP contribution in [0, 0.1) is 5.92 Å². The number of pyridine rings is 1. The molecule has 3 heterocycles. The van der Waals surface area contributed by atoms with Crippen LogP contribution in [-0.2, 0) is 11.3 Å². The van der Waals surface area contributed by atoms with Crippen molar-refractivity contribution < 1.29 is 9.90 Å². The number of para-hydroxylation sites is 1. The van der Waals surface area contributed by atoms with E-state index in [1.165, 1.54) is 10.9 Å². The van der Waals surface area contributed by atoms with Crippen LogP contribution in [0.1, 0.15) is 32.3 Å². The standard InChI is InChI=1S/C21H27N3O2/c1-15(26)24-20-8-10-23(13-17(20)11-21(24,2)14-25)12-16-7-9-22-19-6-4-3-5-18(16)19/h3-7,9,17,20,25H,8,10-14H2,1-2H3/t17-,20-,21+/m0/s1. The van der Waals surface area contributed by atoms with Crippen molar-refractivity contribution in [2.24, 2.45) is 5.92 Å². The van der Waals surface area contributed by atoms with E-state index in [1.807, 2.05) is 24.1 Å². The van der Waals surface area contributed by atoms with E-state index in [0.29, 0.717) is 5.92 Å². The third-order valence-electron chi connectivity index (χ3n) is 6.21. The van der Waals surface area contributed by atoms with Gasteiger partial charge in [-0.05, 0) is 43.4 Å². The van der Waals surface area contributed by atoms with Gasteiger partial charge in [-0.2, -0.15) is 0 Å². The number of aliphatic hydroxyl groups excluding tert-OH is 1.